The second-order valence-corrected chi connectivity index (χ2v) is 5.90. The molecule has 0 radical (unpaired) electrons. The molecule has 1 atom stereocenters. The van der Waals surface area contributed by atoms with E-state index in [9.17, 15) is 4.21 Å². The molecule has 0 aromatic heterocycles. The molecule has 0 saturated heterocycles. The Balaban J connectivity index is 0.00000121. The Morgan fingerprint density at radius 3 is 2.08 bits per heavy atom. The quantitative estimate of drug-likeness (QED) is 0.654. The lowest BCUT2D eigenvalue weighted by Gasteiger charge is -2.22. The summed E-state index contributed by atoms with van der Waals surface area (Å²) in [4.78, 5) is 0. The van der Waals surface area contributed by atoms with Gasteiger partial charge < -0.3 is 0 Å². The SMILES string of the molecule is C.CC(C)S(=O)C1CCCCC1. The molecule has 0 heterocycles. The number of hydrogen-bond acceptors (Lipinski definition) is 1. The highest BCUT2D eigenvalue weighted by atomic mass is 32.2. The summed E-state index contributed by atoms with van der Waals surface area (Å²) in [5.41, 5.74) is 0. The van der Waals surface area contributed by atoms with Gasteiger partial charge in [-0.3, -0.25) is 4.21 Å². The Labute approximate surface area is 79.4 Å². The van der Waals surface area contributed by atoms with Crippen molar-refractivity contribution in [1.82, 2.24) is 0 Å². The predicted molar refractivity (Wildman–Crippen MR) is 56.9 cm³/mol. The summed E-state index contributed by atoms with van der Waals surface area (Å²) < 4.78 is 11.6. The molecule has 1 aliphatic rings. The zero-order chi connectivity index (χ0) is 8.27. The zero-order valence-electron chi connectivity index (χ0n) is 7.51. The van der Waals surface area contributed by atoms with Crippen LogP contribution in [0.2, 0.25) is 0 Å². The normalized spacial score (nSPS) is 21.9. The highest BCUT2D eigenvalue weighted by molar-refractivity contribution is 7.86. The minimum atomic E-state index is -0.558. The predicted octanol–water partition coefficient (Wildman–Crippen LogP) is 3.11. The van der Waals surface area contributed by atoms with Gasteiger partial charge >= 0.3 is 0 Å². The van der Waals surface area contributed by atoms with E-state index < -0.39 is 10.8 Å². The highest BCUT2D eigenvalue weighted by Crippen LogP contribution is 2.23. The molecular weight excluding hydrogens is 168 g/mol. The van der Waals surface area contributed by atoms with Crippen molar-refractivity contribution in [1.29, 1.82) is 0 Å². The van der Waals surface area contributed by atoms with Crippen molar-refractivity contribution in [3.8, 4) is 0 Å². The Bertz CT molecular complexity index is 137. The van der Waals surface area contributed by atoms with Crippen molar-refractivity contribution >= 4 is 10.8 Å². The molecule has 1 unspecified atom stereocenters. The van der Waals surface area contributed by atoms with Gasteiger partial charge in [0.25, 0.3) is 0 Å². The first-order chi connectivity index (χ1) is 5.22. The van der Waals surface area contributed by atoms with E-state index in [1.807, 2.05) is 0 Å². The van der Waals surface area contributed by atoms with Crippen LogP contribution in [0.15, 0.2) is 0 Å². The van der Waals surface area contributed by atoms with Crippen LogP contribution in [-0.4, -0.2) is 14.7 Å². The van der Waals surface area contributed by atoms with Gasteiger partial charge in [-0.2, -0.15) is 0 Å². The molecule has 1 aliphatic carbocycles. The lowest BCUT2D eigenvalue weighted by atomic mass is 10.0. The molecule has 0 aliphatic heterocycles. The summed E-state index contributed by atoms with van der Waals surface area (Å²) in [6.45, 7) is 4.12. The molecule has 0 amide bonds. The lowest BCUT2D eigenvalue weighted by molar-refractivity contribution is 0.503. The van der Waals surface area contributed by atoms with Crippen LogP contribution in [-0.2, 0) is 10.8 Å². The van der Waals surface area contributed by atoms with Crippen LogP contribution in [0.5, 0.6) is 0 Å². The van der Waals surface area contributed by atoms with Gasteiger partial charge in [0.05, 0.1) is 0 Å². The van der Waals surface area contributed by atoms with E-state index in [1.54, 1.807) is 0 Å². The topological polar surface area (TPSA) is 17.1 Å². The fourth-order valence-electron chi connectivity index (χ4n) is 1.68. The van der Waals surface area contributed by atoms with Crippen LogP contribution in [0.25, 0.3) is 0 Å². The lowest BCUT2D eigenvalue weighted by Crippen LogP contribution is -2.24. The van der Waals surface area contributed by atoms with Gasteiger partial charge in [-0.05, 0) is 12.8 Å². The summed E-state index contributed by atoms with van der Waals surface area (Å²) in [6.07, 6.45) is 6.34. The third-order valence-corrected chi connectivity index (χ3v) is 4.40. The van der Waals surface area contributed by atoms with Crippen LogP contribution in [0.4, 0.5) is 0 Å². The summed E-state index contributed by atoms with van der Waals surface area (Å²) in [7, 11) is -0.558. The Morgan fingerprint density at radius 2 is 1.67 bits per heavy atom. The average Bonchev–Trinajstić information content (AvgIpc) is 2.05. The van der Waals surface area contributed by atoms with Crippen LogP contribution < -0.4 is 0 Å². The number of rotatable bonds is 2. The van der Waals surface area contributed by atoms with Crippen molar-refractivity contribution in [2.75, 3.05) is 0 Å². The summed E-state index contributed by atoms with van der Waals surface area (Å²) in [6, 6.07) is 0. The van der Waals surface area contributed by atoms with Crippen LogP contribution in [0.3, 0.4) is 0 Å². The van der Waals surface area contributed by atoms with E-state index in [2.05, 4.69) is 13.8 Å². The third-order valence-electron chi connectivity index (χ3n) is 2.35. The van der Waals surface area contributed by atoms with E-state index in [0.717, 1.165) is 0 Å². The fraction of sp³-hybridized carbons (Fsp3) is 1.00. The van der Waals surface area contributed by atoms with E-state index in [4.69, 9.17) is 0 Å². The van der Waals surface area contributed by atoms with Gasteiger partial charge in [0.2, 0.25) is 0 Å². The minimum Gasteiger partial charge on any atom is -0.259 e. The summed E-state index contributed by atoms with van der Waals surface area (Å²) in [5, 5.41) is 0.877. The van der Waals surface area contributed by atoms with E-state index in [0.29, 0.717) is 10.5 Å². The van der Waals surface area contributed by atoms with E-state index in [-0.39, 0.29) is 7.43 Å². The molecule has 74 valence electrons. The summed E-state index contributed by atoms with van der Waals surface area (Å²) >= 11 is 0. The van der Waals surface area contributed by atoms with E-state index >= 15 is 0 Å². The van der Waals surface area contributed by atoms with Crippen molar-refractivity contribution in [3.05, 3.63) is 0 Å². The van der Waals surface area contributed by atoms with Crippen molar-refractivity contribution in [3.63, 3.8) is 0 Å². The average molecular weight is 190 g/mol. The molecule has 2 heteroatoms. The molecule has 0 spiro atoms. The second kappa shape index (κ2) is 5.74. The zero-order valence-corrected chi connectivity index (χ0v) is 8.32. The third kappa shape index (κ3) is 3.26. The molecule has 1 rings (SSSR count). The molecule has 0 aromatic rings. The maximum atomic E-state index is 11.6. The summed E-state index contributed by atoms with van der Waals surface area (Å²) in [5.74, 6) is 0. The first-order valence-corrected chi connectivity index (χ1v) is 5.89. The van der Waals surface area contributed by atoms with Crippen LogP contribution in [0, 0.1) is 0 Å². The Kier molecular flexibility index (Phi) is 5.81. The first-order valence-electron chi connectivity index (χ1n) is 4.61. The molecule has 12 heavy (non-hydrogen) atoms. The number of hydrogen-bond donors (Lipinski definition) is 0. The Morgan fingerprint density at radius 1 is 1.17 bits per heavy atom. The monoisotopic (exact) mass is 190 g/mol. The second-order valence-electron chi connectivity index (χ2n) is 3.64. The Hall–Kier alpha value is 0.150. The largest absolute Gasteiger partial charge is 0.259 e. The van der Waals surface area contributed by atoms with Gasteiger partial charge in [-0.1, -0.05) is 40.5 Å². The van der Waals surface area contributed by atoms with Crippen LogP contribution >= 0.6 is 0 Å². The van der Waals surface area contributed by atoms with Crippen molar-refractivity contribution in [2.45, 2.75) is 63.9 Å². The van der Waals surface area contributed by atoms with E-state index in [1.165, 1.54) is 32.1 Å². The molecule has 0 N–H and O–H groups in total. The van der Waals surface area contributed by atoms with Gasteiger partial charge in [-0.25, -0.2) is 0 Å². The molecule has 1 saturated carbocycles. The van der Waals surface area contributed by atoms with Crippen molar-refractivity contribution in [2.24, 2.45) is 0 Å². The first kappa shape index (κ1) is 12.2. The highest BCUT2D eigenvalue weighted by Gasteiger charge is 2.21. The molecule has 1 nitrogen and oxygen atoms in total. The smallest absolute Gasteiger partial charge is 0.0350 e. The maximum Gasteiger partial charge on any atom is 0.0350 e. The standard InChI is InChI=1S/C9H18OS.CH4/c1-8(2)11(10)9-6-4-3-5-7-9;/h8-9H,3-7H2,1-2H3;1H4. The van der Waals surface area contributed by atoms with Gasteiger partial charge in [0, 0.05) is 21.3 Å². The van der Waals surface area contributed by atoms with Gasteiger partial charge in [0.15, 0.2) is 0 Å². The molecule has 1 fully saturated rings. The molecule has 0 bridgehead atoms. The minimum absolute atomic E-state index is 0. The maximum absolute atomic E-state index is 11.6. The van der Waals surface area contributed by atoms with Gasteiger partial charge in [-0.15, -0.1) is 0 Å². The van der Waals surface area contributed by atoms with Crippen LogP contribution in [0.1, 0.15) is 53.4 Å². The molecule has 0 aromatic carbocycles. The fourth-order valence-corrected chi connectivity index (χ4v) is 3.25. The molecular formula is C10H22OS. The van der Waals surface area contributed by atoms with Gasteiger partial charge in [0.1, 0.15) is 0 Å². The van der Waals surface area contributed by atoms with Crippen molar-refractivity contribution < 1.29 is 4.21 Å².